The van der Waals surface area contributed by atoms with Crippen LogP contribution >= 0.6 is 0 Å². The van der Waals surface area contributed by atoms with E-state index >= 15 is 0 Å². The maximum absolute atomic E-state index is 12.9. The summed E-state index contributed by atoms with van der Waals surface area (Å²) in [5.74, 6) is 0.173. The second kappa shape index (κ2) is 8.86. The van der Waals surface area contributed by atoms with Crippen molar-refractivity contribution >= 4 is 21.6 Å². The van der Waals surface area contributed by atoms with Crippen molar-refractivity contribution in [2.75, 3.05) is 18.4 Å². The van der Waals surface area contributed by atoms with Crippen molar-refractivity contribution in [2.24, 2.45) is 5.92 Å². The SMILES string of the molecule is CC[C@H](C)C(=O)Nc1cc(S(=O)(=O)N2CCCCC2)ccc1OC(C)C. The molecule has 1 heterocycles. The molecule has 2 rings (SSSR count). The molecule has 1 aromatic carbocycles. The van der Waals surface area contributed by atoms with Gasteiger partial charge in [-0.2, -0.15) is 4.31 Å². The maximum Gasteiger partial charge on any atom is 0.243 e. The largest absolute Gasteiger partial charge is 0.489 e. The van der Waals surface area contributed by atoms with Gasteiger partial charge in [0, 0.05) is 19.0 Å². The molecule has 26 heavy (non-hydrogen) atoms. The molecule has 6 nitrogen and oxygen atoms in total. The van der Waals surface area contributed by atoms with Gasteiger partial charge in [0.1, 0.15) is 5.75 Å². The van der Waals surface area contributed by atoms with Crippen LogP contribution in [0.15, 0.2) is 23.1 Å². The van der Waals surface area contributed by atoms with Crippen LogP contribution in [0.1, 0.15) is 53.4 Å². The lowest BCUT2D eigenvalue weighted by atomic mass is 10.1. The lowest BCUT2D eigenvalue weighted by Crippen LogP contribution is -2.35. The average Bonchev–Trinajstić information content (AvgIpc) is 2.62. The van der Waals surface area contributed by atoms with Crippen molar-refractivity contribution in [3.05, 3.63) is 18.2 Å². The van der Waals surface area contributed by atoms with Gasteiger partial charge in [-0.1, -0.05) is 20.3 Å². The summed E-state index contributed by atoms with van der Waals surface area (Å²) < 4.78 is 33.1. The summed E-state index contributed by atoms with van der Waals surface area (Å²) in [6.45, 7) is 8.64. The molecule has 1 N–H and O–H groups in total. The molecule has 0 bridgehead atoms. The standard InChI is InChI=1S/C19H30N2O4S/c1-5-15(4)19(22)20-17-13-16(9-10-18(17)25-14(2)3)26(23,24)21-11-7-6-8-12-21/h9-10,13-15H,5-8,11-12H2,1-4H3,(H,20,22)/t15-/m0/s1. The molecule has 1 aromatic rings. The number of hydrogen-bond donors (Lipinski definition) is 1. The Kier molecular flexibility index (Phi) is 7.06. The van der Waals surface area contributed by atoms with Crippen molar-refractivity contribution in [1.29, 1.82) is 0 Å². The first-order chi connectivity index (χ1) is 12.3. The number of carbonyl (C=O) groups is 1. The molecule has 0 spiro atoms. The Morgan fingerprint density at radius 1 is 1.19 bits per heavy atom. The Labute approximate surface area is 157 Å². The Morgan fingerprint density at radius 2 is 1.85 bits per heavy atom. The summed E-state index contributed by atoms with van der Waals surface area (Å²) >= 11 is 0. The second-order valence-corrected chi connectivity index (χ2v) is 9.03. The lowest BCUT2D eigenvalue weighted by molar-refractivity contribution is -0.119. The van der Waals surface area contributed by atoms with Gasteiger partial charge in [-0.05, 0) is 51.3 Å². The molecule has 0 saturated carbocycles. The van der Waals surface area contributed by atoms with Gasteiger partial charge in [-0.25, -0.2) is 8.42 Å². The van der Waals surface area contributed by atoms with E-state index in [-0.39, 0.29) is 22.8 Å². The van der Waals surface area contributed by atoms with E-state index in [0.717, 1.165) is 19.3 Å². The number of nitrogens with one attached hydrogen (secondary N) is 1. The summed E-state index contributed by atoms with van der Waals surface area (Å²) in [6.07, 6.45) is 3.44. The quantitative estimate of drug-likeness (QED) is 0.781. The summed E-state index contributed by atoms with van der Waals surface area (Å²) in [5.41, 5.74) is 0.405. The van der Waals surface area contributed by atoms with E-state index in [1.54, 1.807) is 12.1 Å². The minimum absolute atomic E-state index is 0.0844. The third-order valence-corrected chi connectivity index (χ3v) is 6.48. The number of amides is 1. The molecule has 1 aliphatic rings. The Bertz CT molecular complexity index is 725. The van der Waals surface area contributed by atoms with Crippen LogP contribution in [0.5, 0.6) is 5.75 Å². The van der Waals surface area contributed by atoms with Gasteiger partial charge in [-0.15, -0.1) is 0 Å². The first kappa shape index (κ1) is 20.7. The first-order valence-corrected chi connectivity index (χ1v) is 10.8. The smallest absolute Gasteiger partial charge is 0.243 e. The molecule has 1 amide bonds. The van der Waals surface area contributed by atoms with Crippen LogP contribution in [-0.2, 0) is 14.8 Å². The van der Waals surface area contributed by atoms with Crippen LogP contribution < -0.4 is 10.1 Å². The van der Waals surface area contributed by atoms with Crippen molar-refractivity contribution in [3.8, 4) is 5.75 Å². The van der Waals surface area contributed by atoms with Gasteiger partial charge in [0.05, 0.1) is 16.7 Å². The molecule has 1 fully saturated rings. The van der Waals surface area contributed by atoms with E-state index in [0.29, 0.717) is 30.9 Å². The summed E-state index contributed by atoms with van der Waals surface area (Å²) in [6, 6.07) is 4.70. The molecular formula is C19H30N2O4S. The highest BCUT2D eigenvalue weighted by molar-refractivity contribution is 7.89. The molecule has 0 aliphatic carbocycles. The number of ether oxygens (including phenoxy) is 1. The van der Waals surface area contributed by atoms with E-state index in [4.69, 9.17) is 4.74 Å². The van der Waals surface area contributed by atoms with Crippen LogP contribution in [0, 0.1) is 5.92 Å². The number of anilines is 1. The summed E-state index contributed by atoms with van der Waals surface area (Å²) in [5, 5.41) is 2.84. The molecule has 1 saturated heterocycles. The van der Waals surface area contributed by atoms with Crippen LogP contribution in [0.3, 0.4) is 0 Å². The molecule has 0 unspecified atom stereocenters. The Balaban J connectivity index is 2.36. The van der Waals surface area contributed by atoms with E-state index < -0.39 is 10.0 Å². The minimum atomic E-state index is -3.56. The first-order valence-electron chi connectivity index (χ1n) is 9.37. The summed E-state index contributed by atoms with van der Waals surface area (Å²) in [4.78, 5) is 12.5. The molecular weight excluding hydrogens is 352 g/mol. The molecule has 1 aliphatic heterocycles. The number of benzene rings is 1. The highest BCUT2D eigenvalue weighted by atomic mass is 32.2. The fraction of sp³-hybridized carbons (Fsp3) is 0.632. The fourth-order valence-corrected chi connectivity index (χ4v) is 4.36. The molecule has 0 radical (unpaired) electrons. The fourth-order valence-electron chi connectivity index (χ4n) is 2.82. The van der Waals surface area contributed by atoms with Crippen molar-refractivity contribution in [3.63, 3.8) is 0 Å². The number of carbonyl (C=O) groups excluding carboxylic acids is 1. The van der Waals surface area contributed by atoms with E-state index in [9.17, 15) is 13.2 Å². The van der Waals surface area contributed by atoms with Crippen molar-refractivity contribution in [1.82, 2.24) is 4.31 Å². The number of sulfonamides is 1. The Morgan fingerprint density at radius 3 is 2.42 bits per heavy atom. The molecule has 146 valence electrons. The zero-order chi connectivity index (χ0) is 19.3. The van der Waals surface area contributed by atoms with E-state index in [2.05, 4.69) is 5.32 Å². The lowest BCUT2D eigenvalue weighted by Gasteiger charge is -2.26. The zero-order valence-electron chi connectivity index (χ0n) is 16.1. The number of nitrogens with zero attached hydrogens (tertiary/aromatic N) is 1. The maximum atomic E-state index is 12.9. The van der Waals surface area contributed by atoms with Crippen LogP contribution in [0.2, 0.25) is 0 Å². The highest BCUT2D eigenvalue weighted by Crippen LogP contribution is 2.31. The van der Waals surface area contributed by atoms with Crippen LogP contribution in [0.4, 0.5) is 5.69 Å². The van der Waals surface area contributed by atoms with E-state index in [1.807, 2.05) is 27.7 Å². The number of rotatable bonds is 7. The average molecular weight is 383 g/mol. The predicted octanol–water partition coefficient (Wildman–Crippen LogP) is 3.63. The van der Waals surface area contributed by atoms with Gasteiger partial charge >= 0.3 is 0 Å². The second-order valence-electron chi connectivity index (χ2n) is 7.09. The van der Waals surface area contributed by atoms with Gasteiger partial charge in [0.2, 0.25) is 15.9 Å². The molecule has 7 heteroatoms. The minimum Gasteiger partial charge on any atom is -0.489 e. The topological polar surface area (TPSA) is 75.7 Å². The van der Waals surface area contributed by atoms with Gasteiger partial charge in [-0.3, -0.25) is 4.79 Å². The predicted molar refractivity (Wildman–Crippen MR) is 103 cm³/mol. The molecule has 0 aromatic heterocycles. The van der Waals surface area contributed by atoms with Gasteiger partial charge in [0.25, 0.3) is 0 Å². The van der Waals surface area contributed by atoms with E-state index in [1.165, 1.54) is 10.4 Å². The van der Waals surface area contributed by atoms with Crippen molar-refractivity contribution < 1.29 is 17.9 Å². The highest BCUT2D eigenvalue weighted by Gasteiger charge is 2.27. The number of hydrogen-bond acceptors (Lipinski definition) is 4. The third kappa shape index (κ3) is 4.98. The summed E-state index contributed by atoms with van der Waals surface area (Å²) in [7, 11) is -3.56. The number of piperidine rings is 1. The van der Waals surface area contributed by atoms with Gasteiger partial charge < -0.3 is 10.1 Å². The normalized spacial score (nSPS) is 17.1. The Hall–Kier alpha value is -1.60. The monoisotopic (exact) mass is 382 g/mol. The van der Waals surface area contributed by atoms with Gasteiger partial charge in [0.15, 0.2) is 0 Å². The third-order valence-electron chi connectivity index (χ3n) is 4.58. The van der Waals surface area contributed by atoms with Crippen molar-refractivity contribution in [2.45, 2.75) is 64.4 Å². The van der Waals surface area contributed by atoms with Crippen LogP contribution in [0.25, 0.3) is 0 Å². The zero-order valence-corrected chi connectivity index (χ0v) is 16.9. The van der Waals surface area contributed by atoms with Crippen LogP contribution in [-0.4, -0.2) is 37.8 Å². The molecule has 1 atom stereocenters.